The monoisotopic (exact) mass is 476 g/mol. The van der Waals surface area contributed by atoms with Gasteiger partial charge in [-0.3, -0.25) is 0 Å². The van der Waals surface area contributed by atoms with Gasteiger partial charge < -0.3 is 18.9 Å². The van der Waals surface area contributed by atoms with E-state index in [4.69, 9.17) is 18.9 Å². The van der Waals surface area contributed by atoms with Crippen LogP contribution in [0.25, 0.3) is 0 Å². The number of benzene rings is 1. The molecule has 0 unspecified atom stereocenters. The van der Waals surface area contributed by atoms with E-state index in [0.717, 1.165) is 24.8 Å². The summed E-state index contributed by atoms with van der Waals surface area (Å²) in [6.07, 6.45) is 8.26. The molecule has 1 aliphatic rings. The predicted molar refractivity (Wildman–Crippen MR) is 132 cm³/mol. The van der Waals surface area contributed by atoms with Gasteiger partial charge in [-0.05, 0) is 34.1 Å². The van der Waals surface area contributed by atoms with Crippen molar-refractivity contribution < 1.29 is 28.5 Å². The maximum absolute atomic E-state index is 12.9. The first-order valence-corrected chi connectivity index (χ1v) is 13.1. The summed E-state index contributed by atoms with van der Waals surface area (Å²) in [6.45, 7) is 9.29. The first-order chi connectivity index (χ1) is 16.3. The predicted octanol–water partition coefficient (Wildman–Crippen LogP) is 6.45. The first-order valence-electron chi connectivity index (χ1n) is 13.1. The molecule has 1 heterocycles. The van der Waals surface area contributed by atoms with Crippen molar-refractivity contribution >= 4 is 11.9 Å². The molecular weight excluding hydrogens is 432 g/mol. The molecule has 1 saturated heterocycles. The van der Waals surface area contributed by atoms with Crippen LogP contribution in [0.2, 0.25) is 0 Å². The molecule has 192 valence electrons. The normalized spacial score (nSPS) is 19.5. The van der Waals surface area contributed by atoms with Gasteiger partial charge in [0.15, 0.2) is 18.0 Å². The fourth-order valence-corrected chi connectivity index (χ4v) is 4.26. The van der Waals surface area contributed by atoms with Crippen LogP contribution >= 0.6 is 0 Å². The number of hydrogen-bond donors (Lipinski definition) is 0. The lowest BCUT2D eigenvalue weighted by Crippen LogP contribution is -2.40. The molecule has 1 aromatic rings. The van der Waals surface area contributed by atoms with Crippen LogP contribution in [-0.2, 0) is 34.3 Å². The number of carbonyl (C=O) groups is 2. The maximum atomic E-state index is 12.9. The molecule has 1 aromatic carbocycles. The molecule has 0 aliphatic carbocycles. The Morgan fingerprint density at radius 1 is 0.765 bits per heavy atom. The van der Waals surface area contributed by atoms with Crippen LogP contribution in [-0.4, -0.2) is 36.4 Å². The average molecular weight is 477 g/mol. The zero-order valence-corrected chi connectivity index (χ0v) is 21.7. The zero-order valence-electron chi connectivity index (χ0n) is 21.7. The van der Waals surface area contributed by atoms with Gasteiger partial charge in [0.2, 0.25) is 0 Å². The summed E-state index contributed by atoms with van der Waals surface area (Å²) >= 11 is 0. The van der Waals surface area contributed by atoms with E-state index in [2.05, 4.69) is 6.92 Å². The molecule has 0 spiro atoms. The Morgan fingerprint density at radius 2 is 1.21 bits per heavy atom. The molecule has 0 saturated carbocycles. The largest absolute Gasteiger partial charge is 0.461 e. The summed E-state index contributed by atoms with van der Waals surface area (Å²) in [4.78, 5) is 25.7. The summed E-state index contributed by atoms with van der Waals surface area (Å²) in [6, 6.07) is 9.55. The molecule has 1 aliphatic heterocycles. The first kappa shape index (κ1) is 28.3. The third kappa shape index (κ3) is 8.70. The van der Waals surface area contributed by atoms with E-state index in [-0.39, 0.29) is 12.2 Å². The lowest BCUT2D eigenvalue weighted by atomic mass is 9.98. The van der Waals surface area contributed by atoms with Crippen molar-refractivity contribution in [3.63, 3.8) is 0 Å². The third-order valence-electron chi connectivity index (χ3n) is 5.90. The van der Waals surface area contributed by atoms with Crippen molar-refractivity contribution in [1.29, 1.82) is 0 Å². The smallest absolute Gasteiger partial charge is 0.339 e. The highest BCUT2D eigenvalue weighted by molar-refractivity contribution is 5.86. The van der Waals surface area contributed by atoms with E-state index < -0.39 is 29.9 Å². The standard InChI is InChI=1S/C28H44O6/c1-6-7-8-9-10-11-12-13-17-20-28(23-18-15-14-16-19-23)33-24(26(29)31-21(2)3)25(34-28)27(30)32-22(4)5/h14-16,18-19,21-22,24-25H,6-13,17,20H2,1-5H3/t24-,25-/m1/s1. The SMILES string of the molecule is CCCCCCCCCCCC1(c2ccccc2)O[C@@H](C(=O)OC(C)C)[C@H](C(=O)OC(C)C)O1. The molecule has 0 N–H and O–H groups in total. The Morgan fingerprint density at radius 3 is 1.65 bits per heavy atom. The molecule has 6 nitrogen and oxygen atoms in total. The van der Waals surface area contributed by atoms with Gasteiger partial charge in [0.1, 0.15) is 0 Å². The number of carbonyl (C=O) groups excluding carboxylic acids is 2. The Balaban J connectivity index is 2.11. The van der Waals surface area contributed by atoms with Crippen LogP contribution in [0.4, 0.5) is 0 Å². The molecule has 34 heavy (non-hydrogen) atoms. The second kappa shape index (κ2) is 14.5. The second-order valence-corrected chi connectivity index (χ2v) is 9.75. The number of rotatable bonds is 15. The van der Waals surface area contributed by atoms with Gasteiger partial charge in [-0.1, -0.05) is 88.6 Å². The minimum atomic E-state index is -1.19. The van der Waals surface area contributed by atoms with Gasteiger partial charge >= 0.3 is 11.9 Å². The highest BCUT2D eigenvalue weighted by Crippen LogP contribution is 2.42. The molecule has 0 aromatic heterocycles. The van der Waals surface area contributed by atoms with E-state index in [1.165, 1.54) is 38.5 Å². The van der Waals surface area contributed by atoms with Crippen molar-refractivity contribution in [2.24, 2.45) is 0 Å². The third-order valence-corrected chi connectivity index (χ3v) is 5.90. The molecule has 1 fully saturated rings. The Hall–Kier alpha value is -1.92. The molecule has 0 bridgehead atoms. The van der Waals surface area contributed by atoms with E-state index in [9.17, 15) is 9.59 Å². The maximum Gasteiger partial charge on any atom is 0.339 e. The van der Waals surface area contributed by atoms with Crippen LogP contribution < -0.4 is 0 Å². The lowest BCUT2D eigenvalue weighted by Gasteiger charge is -2.28. The topological polar surface area (TPSA) is 71.1 Å². The molecule has 6 heteroatoms. The summed E-state index contributed by atoms with van der Waals surface area (Å²) in [7, 11) is 0. The van der Waals surface area contributed by atoms with Crippen LogP contribution in [0, 0.1) is 0 Å². The molecule has 2 atom stereocenters. The van der Waals surface area contributed by atoms with Crippen molar-refractivity contribution in [3.8, 4) is 0 Å². The van der Waals surface area contributed by atoms with Gasteiger partial charge in [0.05, 0.1) is 12.2 Å². The van der Waals surface area contributed by atoms with Gasteiger partial charge in [-0.2, -0.15) is 0 Å². The highest BCUT2D eigenvalue weighted by Gasteiger charge is 2.55. The molecule has 0 radical (unpaired) electrons. The zero-order chi connectivity index (χ0) is 25.0. The quantitative estimate of drug-likeness (QED) is 0.214. The Labute approximate surface area is 205 Å². The average Bonchev–Trinajstić information content (AvgIpc) is 3.19. The summed E-state index contributed by atoms with van der Waals surface area (Å²) in [5.41, 5.74) is 0.789. The lowest BCUT2D eigenvalue weighted by molar-refractivity contribution is -0.202. The van der Waals surface area contributed by atoms with Crippen LogP contribution in [0.3, 0.4) is 0 Å². The minimum Gasteiger partial charge on any atom is -0.461 e. The fourth-order valence-electron chi connectivity index (χ4n) is 4.26. The molecule has 0 amide bonds. The summed E-state index contributed by atoms with van der Waals surface area (Å²) in [5, 5.41) is 0. The van der Waals surface area contributed by atoms with Crippen molar-refractivity contribution in [1.82, 2.24) is 0 Å². The number of unbranched alkanes of at least 4 members (excludes halogenated alkanes) is 8. The number of ether oxygens (including phenoxy) is 4. The van der Waals surface area contributed by atoms with Crippen LogP contribution in [0.1, 0.15) is 104 Å². The van der Waals surface area contributed by atoms with Crippen LogP contribution in [0.5, 0.6) is 0 Å². The van der Waals surface area contributed by atoms with Gasteiger partial charge in [0.25, 0.3) is 0 Å². The number of hydrogen-bond acceptors (Lipinski definition) is 6. The van der Waals surface area contributed by atoms with E-state index in [0.29, 0.717) is 6.42 Å². The summed E-state index contributed by atoms with van der Waals surface area (Å²) in [5.74, 6) is -2.40. The van der Waals surface area contributed by atoms with E-state index in [1.54, 1.807) is 27.7 Å². The minimum absolute atomic E-state index is 0.332. The summed E-state index contributed by atoms with van der Waals surface area (Å²) < 4.78 is 23.4. The van der Waals surface area contributed by atoms with Crippen molar-refractivity contribution in [2.45, 2.75) is 129 Å². The molecular formula is C28H44O6. The van der Waals surface area contributed by atoms with E-state index >= 15 is 0 Å². The van der Waals surface area contributed by atoms with Crippen molar-refractivity contribution in [2.75, 3.05) is 0 Å². The van der Waals surface area contributed by atoms with E-state index in [1.807, 2.05) is 30.3 Å². The van der Waals surface area contributed by atoms with Gasteiger partial charge in [-0.15, -0.1) is 0 Å². The Bertz CT molecular complexity index is 700. The Kier molecular flexibility index (Phi) is 12.1. The van der Waals surface area contributed by atoms with Gasteiger partial charge in [0, 0.05) is 12.0 Å². The molecule has 2 rings (SSSR count). The van der Waals surface area contributed by atoms with Crippen molar-refractivity contribution in [3.05, 3.63) is 35.9 Å². The fraction of sp³-hybridized carbons (Fsp3) is 0.714. The number of esters is 2. The van der Waals surface area contributed by atoms with Crippen LogP contribution in [0.15, 0.2) is 30.3 Å². The highest BCUT2D eigenvalue weighted by atomic mass is 16.8. The van der Waals surface area contributed by atoms with Gasteiger partial charge in [-0.25, -0.2) is 9.59 Å². The second-order valence-electron chi connectivity index (χ2n) is 9.75.